The summed E-state index contributed by atoms with van der Waals surface area (Å²) >= 11 is 0. The highest BCUT2D eigenvalue weighted by atomic mass is 16.5. The van der Waals surface area contributed by atoms with Crippen LogP contribution in [-0.2, 0) is 0 Å². The maximum atomic E-state index is 5.80. The molecular weight excluding hydrogens is 222 g/mol. The van der Waals surface area contributed by atoms with Gasteiger partial charge in [-0.2, -0.15) is 0 Å². The molecule has 2 heteroatoms. The molecule has 0 amide bonds. The summed E-state index contributed by atoms with van der Waals surface area (Å²) in [5.41, 5.74) is 1.37. The largest absolute Gasteiger partial charge is 0.492 e. The Kier molecular flexibility index (Phi) is 5.06. The lowest BCUT2D eigenvalue weighted by Gasteiger charge is -2.26. The Bertz CT molecular complexity index is 339. The van der Waals surface area contributed by atoms with Crippen molar-refractivity contribution in [2.24, 2.45) is 0 Å². The van der Waals surface area contributed by atoms with E-state index in [0.717, 1.165) is 18.9 Å². The highest BCUT2D eigenvalue weighted by Gasteiger charge is 2.09. The van der Waals surface area contributed by atoms with E-state index in [2.05, 4.69) is 43.0 Å². The molecule has 1 saturated heterocycles. The van der Waals surface area contributed by atoms with Crippen molar-refractivity contribution in [2.45, 2.75) is 39.0 Å². The van der Waals surface area contributed by atoms with E-state index in [1.807, 2.05) is 0 Å². The molecule has 1 aromatic carbocycles. The van der Waals surface area contributed by atoms with Crippen LogP contribution >= 0.6 is 0 Å². The van der Waals surface area contributed by atoms with Crippen LogP contribution in [-0.4, -0.2) is 31.1 Å². The zero-order valence-corrected chi connectivity index (χ0v) is 11.7. The van der Waals surface area contributed by atoms with Crippen molar-refractivity contribution in [3.63, 3.8) is 0 Å². The van der Waals surface area contributed by atoms with E-state index in [-0.39, 0.29) is 0 Å². The third-order valence-electron chi connectivity index (χ3n) is 3.67. The van der Waals surface area contributed by atoms with Gasteiger partial charge in [0.25, 0.3) is 0 Å². The van der Waals surface area contributed by atoms with E-state index in [9.17, 15) is 0 Å². The van der Waals surface area contributed by atoms with Gasteiger partial charge < -0.3 is 4.74 Å². The van der Waals surface area contributed by atoms with Crippen molar-refractivity contribution in [3.05, 3.63) is 29.8 Å². The second-order valence-electron chi connectivity index (χ2n) is 5.47. The summed E-state index contributed by atoms with van der Waals surface area (Å²) in [6.45, 7) is 8.79. The van der Waals surface area contributed by atoms with Crippen molar-refractivity contribution >= 4 is 0 Å². The fraction of sp³-hybridized carbons (Fsp3) is 0.625. The Balaban J connectivity index is 1.72. The molecule has 2 rings (SSSR count). The van der Waals surface area contributed by atoms with Gasteiger partial charge in [0.05, 0.1) is 0 Å². The van der Waals surface area contributed by atoms with E-state index >= 15 is 0 Å². The minimum atomic E-state index is 0.590. The van der Waals surface area contributed by atoms with Gasteiger partial charge in [0.15, 0.2) is 0 Å². The highest BCUT2D eigenvalue weighted by molar-refractivity contribution is 5.28. The second-order valence-corrected chi connectivity index (χ2v) is 5.47. The van der Waals surface area contributed by atoms with Gasteiger partial charge in [-0.3, -0.25) is 4.90 Å². The minimum Gasteiger partial charge on any atom is -0.492 e. The topological polar surface area (TPSA) is 12.5 Å². The van der Waals surface area contributed by atoms with Crippen LogP contribution in [0.25, 0.3) is 0 Å². The molecule has 0 atom stereocenters. The maximum absolute atomic E-state index is 5.80. The molecule has 1 aromatic rings. The van der Waals surface area contributed by atoms with E-state index < -0.39 is 0 Å². The molecule has 0 N–H and O–H groups in total. The summed E-state index contributed by atoms with van der Waals surface area (Å²) in [5.74, 6) is 1.59. The lowest BCUT2D eigenvalue weighted by atomic mass is 10.0. The van der Waals surface area contributed by atoms with Gasteiger partial charge in [0, 0.05) is 6.54 Å². The monoisotopic (exact) mass is 247 g/mol. The van der Waals surface area contributed by atoms with Gasteiger partial charge in [-0.05, 0) is 49.5 Å². The van der Waals surface area contributed by atoms with E-state index in [0.29, 0.717) is 5.92 Å². The Hall–Kier alpha value is -1.02. The number of hydrogen-bond donors (Lipinski definition) is 0. The first-order valence-electron chi connectivity index (χ1n) is 7.21. The first-order chi connectivity index (χ1) is 8.75. The van der Waals surface area contributed by atoms with Crippen LogP contribution in [0.1, 0.15) is 44.6 Å². The number of hydrogen-bond acceptors (Lipinski definition) is 2. The van der Waals surface area contributed by atoms with Gasteiger partial charge in [-0.15, -0.1) is 0 Å². The van der Waals surface area contributed by atoms with Crippen molar-refractivity contribution < 1.29 is 4.74 Å². The van der Waals surface area contributed by atoms with Gasteiger partial charge in [0.2, 0.25) is 0 Å². The molecule has 0 aliphatic carbocycles. The first kappa shape index (κ1) is 13.4. The van der Waals surface area contributed by atoms with E-state index in [4.69, 9.17) is 4.74 Å². The predicted octanol–water partition coefficient (Wildman–Crippen LogP) is 3.67. The van der Waals surface area contributed by atoms with Crippen molar-refractivity contribution in [1.82, 2.24) is 4.90 Å². The maximum Gasteiger partial charge on any atom is 0.119 e. The smallest absolute Gasteiger partial charge is 0.119 e. The van der Waals surface area contributed by atoms with Crippen LogP contribution < -0.4 is 4.74 Å². The molecule has 2 nitrogen and oxygen atoms in total. The zero-order chi connectivity index (χ0) is 12.8. The predicted molar refractivity (Wildman–Crippen MR) is 76.3 cm³/mol. The SMILES string of the molecule is CC(C)c1ccc(OCCN2CCCCC2)cc1. The number of ether oxygens (including phenoxy) is 1. The van der Waals surface area contributed by atoms with Crippen LogP contribution in [0.2, 0.25) is 0 Å². The third kappa shape index (κ3) is 4.02. The average Bonchev–Trinajstić information content (AvgIpc) is 2.40. The molecule has 1 heterocycles. The van der Waals surface area contributed by atoms with Gasteiger partial charge >= 0.3 is 0 Å². The molecule has 0 spiro atoms. The molecule has 1 aliphatic heterocycles. The quantitative estimate of drug-likeness (QED) is 0.787. The fourth-order valence-corrected chi connectivity index (χ4v) is 2.42. The summed E-state index contributed by atoms with van der Waals surface area (Å²) in [7, 11) is 0. The highest BCUT2D eigenvalue weighted by Crippen LogP contribution is 2.18. The van der Waals surface area contributed by atoms with Gasteiger partial charge in [0.1, 0.15) is 12.4 Å². The summed E-state index contributed by atoms with van der Waals surface area (Å²) in [6, 6.07) is 8.51. The molecule has 1 aliphatic rings. The number of benzene rings is 1. The summed E-state index contributed by atoms with van der Waals surface area (Å²) in [6.07, 6.45) is 4.10. The molecule has 0 unspecified atom stereocenters. The van der Waals surface area contributed by atoms with Crippen LogP contribution in [0.4, 0.5) is 0 Å². The Morgan fingerprint density at radius 3 is 2.33 bits per heavy atom. The van der Waals surface area contributed by atoms with Gasteiger partial charge in [-0.25, -0.2) is 0 Å². The first-order valence-corrected chi connectivity index (χ1v) is 7.21. The van der Waals surface area contributed by atoms with Crippen molar-refractivity contribution in [3.8, 4) is 5.75 Å². The third-order valence-corrected chi connectivity index (χ3v) is 3.67. The Morgan fingerprint density at radius 2 is 1.72 bits per heavy atom. The lowest BCUT2D eigenvalue weighted by molar-refractivity contribution is 0.183. The van der Waals surface area contributed by atoms with Crippen LogP contribution in [0.3, 0.4) is 0 Å². The molecule has 100 valence electrons. The fourth-order valence-electron chi connectivity index (χ4n) is 2.42. The number of piperidine rings is 1. The van der Waals surface area contributed by atoms with Crippen LogP contribution in [0.5, 0.6) is 5.75 Å². The molecular formula is C16H25NO. The van der Waals surface area contributed by atoms with Gasteiger partial charge in [-0.1, -0.05) is 32.4 Å². The van der Waals surface area contributed by atoms with Crippen LogP contribution in [0.15, 0.2) is 24.3 Å². The molecule has 1 fully saturated rings. The molecule has 18 heavy (non-hydrogen) atoms. The van der Waals surface area contributed by atoms with E-state index in [1.54, 1.807) is 0 Å². The molecule has 0 aromatic heterocycles. The minimum absolute atomic E-state index is 0.590. The zero-order valence-electron chi connectivity index (χ0n) is 11.7. The average molecular weight is 247 g/mol. The molecule has 0 saturated carbocycles. The Morgan fingerprint density at radius 1 is 1.06 bits per heavy atom. The Labute approximate surface area is 111 Å². The van der Waals surface area contributed by atoms with Crippen LogP contribution in [0, 0.1) is 0 Å². The molecule has 0 bridgehead atoms. The standard InChI is InChI=1S/C16H25NO/c1-14(2)15-6-8-16(9-7-15)18-13-12-17-10-4-3-5-11-17/h6-9,14H,3-5,10-13H2,1-2H3. The number of nitrogens with zero attached hydrogens (tertiary/aromatic N) is 1. The van der Waals surface area contributed by atoms with Crippen molar-refractivity contribution in [1.29, 1.82) is 0 Å². The number of rotatable bonds is 5. The normalized spacial score (nSPS) is 17.1. The number of likely N-dealkylation sites (tertiary alicyclic amines) is 1. The van der Waals surface area contributed by atoms with Crippen molar-refractivity contribution in [2.75, 3.05) is 26.2 Å². The second kappa shape index (κ2) is 6.79. The molecule has 0 radical (unpaired) electrons. The lowest BCUT2D eigenvalue weighted by Crippen LogP contribution is -2.33. The summed E-state index contributed by atoms with van der Waals surface area (Å²) < 4.78 is 5.80. The summed E-state index contributed by atoms with van der Waals surface area (Å²) in [5, 5.41) is 0. The van der Waals surface area contributed by atoms with E-state index in [1.165, 1.54) is 37.9 Å². The summed E-state index contributed by atoms with van der Waals surface area (Å²) in [4.78, 5) is 2.51.